The number of ether oxygens (including phenoxy) is 2. The fourth-order valence-electron chi connectivity index (χ4n) is 3.16. The molecule has 8 heteroatoms. The molecule has 0 spiro atoms. The van der Waals surface area contributed by atoms with E-state index in [2.05, 4.69) is 5.32 Å². The molecule has 7 nitrogen and oxygen atoms in total. The van der Waals surface area contributed by atoms with Crippen LogP contribution in [0.5, 0.6) is 11.5 Å². The molecule has 0 aliphatic rings. The summed E-state index contributed by atoms with van der Waals surface area (Å²) in [5.74, 6) is 0.734. The highest BCUT2D eigenvalue weighted by atomic mass is 32.2. The molecule has 0 aromatic heterocycles. The van der Waals surface area contributed by atoms with E-state index >= 15 is 0 Å². The van der Waals surface area contributed by atoms with Crippen LogP contribution in [0.3, 0.4) is 0 Å². The minimum Gasteiger partial charge on any atom is -0.493 e. The van der Waals surface area contributed by atoms with E-state index < -0.39 is 10.0 Å². The van der Waals surface area contributed by atoms with Gasteiger partial charge in [0.25, 0.3) is 5.91 Å². The maximum atomic E-state index is 12.7. The highest BCUT2D eigenvalue weighted by Crippen LogP contribution is 2.30. The fraction of sp³-hybridized carbons (Fsp3) is 0.208. The van der Waals surface area contributed by atoms with Crippen molar-refractivity contribution >= 4 is 27.3 Å². The maximum absolute atomic E-state index is 12.7. The Kier molecular flexibility index (Phi) is 7.05. The van der Waals surface area contributed by atoms with E-state index in [0.29, 0.717) is 28.4 Å². The molecule has 0 bridgehead atoms. The fourth-order valence-corrected chi connectivity index (χ4v) is 4.04. The average molecular weight is 455 g/mol. The summed E-state index contributed by atoms with van der Waals surface area (Å²) < 4.78 is 36.6. The lowest BCUT2D eigenvalue weighted by atomic mass is 10.1. The van der Waals surface area contributed by atoms with Gasteiger partial charge in [0.1, 0.15) is 0 Å². The third-order valence-electron chi connectivity index (χ3n) is 4.91. The van der Waals surface area contributed by atoms with E-state index in [1.54, 1.807) is 42.5 Å². The van der Waals surface area contributed by atoms with Gasteiger partial charge in [-0.15, -0.1) is 0 Å². The number of amides is 1. The normalized spacial score (nSPS) is 11.0. The van der Waals surface area contributed by atoms with E-state index in [0.717, 1.165) is 11.1 Å². The Bertz CT molecular complexity index is 1190. The number of benzene rings is 3. The number of hydrogen-bond donors (Lipinski definition) is 1. The quantitative estimate of drug-likeness (QED) is 0.551. The van der Waals surface area contributed by atoms with Crippen LogP contribution in [0, 0.1) is 6.92 Å². The number of carbonyl (C=O) groups is 1. The molecule has 0 unspecified atom stereocenters. The van der Waals surface area contributed by atoms with Crippen LogP contribution in [0.2, 0.25) is 0 Å². The summed E-state index contributed by atoms with van der Waals surface area (Å²) in [5, 5.41) is 2.80. The van der Waals surface area contributed by atoms with Crippen LogP contribution in [-0.2, 0) is 16.6 Å². The largest absolute Gasteiger partial charge is 0.493 e. The van der Waals surface area contributed by atoms with Crippen molar-refractivity contribution < 1.29 is 22.7 Å². The van der Waals surface area contributed by atoms with Gasteiger partial charge in [0.15, 0.2) is 11.5 Å². The first-order chi connectivity index (χ1) is 15.2. The van der Waals surface area contributed by atoms with Crippen LogP contribution in [0.25, 0.3) is 0 Å². The molecule has 0 saturated carbocycles. The number of anilines is 2. The number of methoxy groups -OCH3 is 2. The molecular weight excluding hydrogens is 428 g/mol. The Morgan fingerprint density at radius 2 is 1.53 bits per heavy atom. The summed E-state index contributed by atoms with van der Waals surface area (Å²) in [5.41, 5.74) is 3.40. The van der Waals surface area contributed by atoms with Crippen molar-refractivity contribution in [1.82, 2.24) is 0 Å². The van der Waals surface area contributed by atoms with E-state index in [-0.39, 0.29) is 12.5 Å². The summed E-state index contributed by atoms with van der Waals surface area (Å²) in [6.45, 7) is 2.18. The molecule has 1 N–H and O–H groups in total. The topological polar surface area (TPSA) is 84.9 Å². The van der Waals surface area contributed by atoms with Gasteiger partial charge >= 0.3 is 0 Å². The minimum atomic E-state index is -3.52. The van der Waals surface area contributed by atoms with Gasteiger partial charge in [0, 0.05) is 17.3 Å². The molecule has 1 amide bonds. The number of hydrogen-bond acceptors (Lipinski definition) is 5. The molecule has 0 radical (unpaired) electrons. The zero-order chi connectivity index (χ0) is 23.3. The molecule has 0 aliphatic heterocycles. The Morgan fingerprint density at radius 1 is 0.906 bits per heavy atom. The van der Waals surface area contributed by atoms with Crippen LogP contribution < -0.4 is 19.1 Å². The van der Waals surface area contributed by atoms with Gasteiger partial charge in [0.2, 0.25) is 10.0 Å². The van der Waals surface area contributed by atoms with E-state index in [9.17, 15) is 13.2 Å². The Morgan fingerprint density at radius 3 is 2.09 bits per heavy atom. The number of nitrogens with one attached hydrogen (secondary N) is 1. The second-order valence-corrected chi connectivity index (χ2v) is 9.23. The molecule has 0 heterocycles. The second kappa shape index (κ2) is 9.74. The van der Waals surface area contributed by atoms with Crippen molar-refractivity contribution in [3.05, 3.63) is 83.4 Å². The molecule has 168 valence electrons. The van der Waals surface area contributed by atoms with Crippen LogP contribution in [0.15, 0.2) is 66.7 Å². The van der Waals surface area contributed by atoms with Gasteiger partial charge in [-0.3, -0.25) is 9.10 Å². The summed E-state index contributed by atoms with van der Waals surface area (Å²) >= 11 is 0. The Hall–Kier alpha value is -3.52. The van der Waals surface area contributed by atoms with E-state index in [4.69, 9.17) is 9.47 Å². The van der Waals surface area contributed by atoms with Crippen LogP contribution in [0.4, 0.5) is 11.4 Å². The number of carbonyl (C=O) groups excluding carboxylic acids is 1. The zero-order valence-corrected chi connectivity index (χ0v) is 19.3. The van der Waals surface area contributed by atoms with Gasteiger partial charge in [0.05, 0.1) is 32.7 Å². The predicted octanol–water partition coefficient (Wildman–Crippen LogP) is 4.23. The summed E-state index contributed by atoms with van der Waals surface area (Å²) in [4.78, 5) is 12.7. The minimum absolute atomic E-state index is 0.205. The molecule has 0 aliphatic carbocycles. The SMILES string of the molecule is COc1ccc(NC(=O)c2ccc(N(Cc3ccc(C)cc3)S(C)(=O)=O)cc2)cc1OC. The molecule has 0 atom stereocenters. The maximum Gasteiger partial charge on any atom is 0.255 e. The Balaban J connectivity index is 1.78. The Labute approximate surface area is 188 Å². The van der Waals surface area contributed by atoms with Gasteiger partial charge in [-0.05, 0) is 48.9 Å². The molecule has 3 aromatic rings. The van der Waals surface area contributed by atoms with Crippen LogP contribution >= 0.6 is 0 Å². The molecule has 32 heavy (non-hydrogen) atoms. The second-order valence-electron chi connectivity index (χ2n) is 7.33. The summed E-state index contributed by atoms with van der Waals surface area (Å²) in [7, 11) is -0.457. The van der Waals surface area contributed by atoms with Crippen LogP contribution in [-0.4, -0.2) is 34.8 Å². The smallest absolute Gasteiger partial charge is 0.255 e. The number of rotatable bonds is 8. The molecule has 0 saturated heterocycles. The number of sulfonamides is 1. The molecule has 0 fully saturated rings. The average Bonchev–Trinajstić information content (AvgIpc) is 2.78. The standard InChI is InChI=1S/C24H26N2O5S/c1-17-5-7-18(8-6-17)16-26(32(4,28)29)21-12-9-19(10-13-21)24(27)25-20-11-14-22(30-2)23(15-20)31-3/h5-15H,16H2,1-4H3,(H,25,27). The molecule has 3 aromatic carbocycles. The summed E-state index contributed by atoms with van der Waals surface area (Å²) in [6.07, 6.45) is 1.17. The van der Waals surface area contributed by atoms with E-state index in [1.165, 1.54) is 24.8 Å². The highest BCUT2D eigenvalue weighted by Gasteiger charge is 2.18. The van der Waals surface area contributed by atoms with Crippen molar-refractivity contribution in [1.29, 1.82) is 0 Å². The molecular formula is C24H26N2O5S. The first-order valence-corrected chi connectivity index (χ1v) is 11.7. The van der Waals surface area contributed by atoms with Gasteiger partial charge in [-0.2, -0.15) is 0 Å². The zero-order valence-electron chi connectivity index (χ0n) is 18.5. The number of aryl methyl sites for hydroxylation is 1. The third-order valence-corrected chi connectivity index (χ3v) is 6.05. The lowest BCUT2D eigenvalue weighted by Gasteiger charge is -2.23. The van der Waals surface area contributed by atoms with Gasteiger partial charge in [-0.1, -0.05) is 29.8 Å². The highest BCUT2D eigenvalue weighted by molar-refractivity contribution is 7.92. The lowest BCUT2D eigenvalue weighted by molar-refractivity contribution is 0.102. The van der Waals surface area contributed by atoms with Gasteiger partial charge < -0.3 is 14.8 Å². The number of nitrogens with zero attached hydrogens (tertiary/aromatic N) is 1. The van der Waals surface area contributed by atoms with Crippen molar-refractivity contribution in [3.8, 4) is 11.5 Å². The van der Waals surface area contributed by atoms with Crippen molar-refractivity contribution in [2.24, 2.45) is 0 Å². The van der Waals surface area contributed by atoms with Crippen molar-refractivity contribution in [2.75, 3.05) is 30.1 Å². The van der Waals surface area contributed by atoms with Gasteiger partial charge in [-0.25, -0.2) is 8.42 Å². The summed E-state index contributed by atoms with van der Waals surface area (Å²) in [6, 6.07) is 19.2. The third kappa shape index (κ3) is 5.59. The van der Waals surface area contributed by atoms with E-state index in [1.807, 2.05) is 31.2 Å². The monoisotopic (exact) mass is 454 g/mol. The predicted molar refractivity (Wildman–Crippen MR) is 126 cm³/mol. The molecule has 3 rings (SSSR count). The van der Waals surface area contributed by atoms with Crippen molar-refractivity contribution in [2.45, 2.75) is 13.5 Å². The van der Waals surface area contributed by atoms with Crippen LogP contribution in [0.1, 0.15) is 21.5 Å². The first-order valence-electron chi connectivity index (χ1n) is 9.88. The lowest BCUT2D eigenvalue weighted by Crippen LogP contribution is -2.29. The first kappa shape index (κ1) is 23.1. The van der Waals surface area contributed by atoms with Crippen molar-refractivity contribution in [3.63, 3.8) is 0 Å².